The molecule has 2 N–H and O–H groups in total. The minimum atomic E-state index is -3.57. The van der Waals surface area contributed by atoms with Gasteiger partial charge in [-0.05, 0) is 52.0 Å². The Labute approximate surface area is 120 Å². The number of hydrogen-bond donors (Lipinski definition) is 2. The fraction of sp³-hybridized carbons (Fsp3) is 0.692. The van der Waals surface area contributed by atoms with Crippen molar-refractivity contribution < 1.29 is 12.8 Å². The lowest BCUT2D eigenvalue weighted by Crippen LogP contribution is -2.40. The van der Waals surface area contributed by atoms with Gasteiger partial charge >= 0.3 is 0 Å². The predicted octanol–water partition coefficient (Wildman–Crippen LogP) is 0.762. The molecule has 2 heterocycles. The van der Waals surface area contributed by atoms with Gasteiger partial charge in [0.2, 0.25) is 5.09 Å². The van der Waals surface area contributed by atoms with E-state index < -0.39 is 10.0 Å². The summed E-state index contributed by atoms with van der Waals surface area (Å²) in [6.45, 7) is 5.24. The van der Waals surface area contributed by atoms with E-state index in [9.17, 15) is 8.42 Å². The monoisotopic (exact) mass is 301 g/mol. The second kappa shape index (κ2) is 6.71. The van der Waals surface area contributed by atoms with Crippen LogP contribution in [0.5, 0.6) is 0 Å². The minimum Gasteiger partial charge on any atom is -0.447 e. The van der Waals surface area contributed by atoms with Crippen LogP contribution in [0.2, 0.25) is 0 Å². The van der Waals surface area contributed by atoms with Gasteiger partial charge in [0.25, 0.3) is 10.0 Å². The molecule has 1 saturated heterocycles. The molecule has 0 amide bonds. The Kier molecular flexibility index (Phi) is 5.20. The van der Waals surface area contributed by atoms with Crippen molar-refractivity contribution in [2.45, 2.75) is 37.4 Å². The molecule has 0 saturated carbocycles. The topological polar surface area (TPSA) is 74.6 Å². The average Bonchev–Trinajstić information content (AvgIpc) is 3.00. The normalized spacial score (nSPS) is 18.5. The Morgan fingerprint density at radius 1 is 1.35 bits per heavy atom. The van der Waals surface area contributed by atoms with E-state index in [2.05, 4.69) is 14.9 Å². The smallest absolute Gasteiger partial charge is 0.274 e. The van der Waals surface area contributed by atoms with Crippen molar-refractivity contribution in [2.75, 3.05) is 26.7 Å². The Morgan fingerprint density at radius 3 is 2.70 bits per heavy atom. The van der Waals surface area contributed by atoms with E-state index in [0.717, 1.165) is 19.6 Å². The van der Waals surface area contributed by atoms with E-state index in [-0.39, 0.29) is 11.1 Å². The van der Waals surface area contributed by atoms with Crippen molar-refractivity contribution in [3.63, 3.8) is 0 Å². The molecule has 0 aromatic carbocycles. The van der Waals surface area contributed by atoms with Crippen LogP contribution in [-0.4, -0.2) is 46.0 Å². The molecule has 1 aromatic rings. The van der Waals surface area contributed by atoms with Gasteiger partial charge in [-0.2, -0.15) is 0 Å². The summed E-state index contributed by atoms with van der Waals surface area (Å²) in [6.07, 6.45) is 2.40. The van der Waals surface area contributed by atoms with Gasteiger partial charge in [-0.1, -0.05) is 0 Å². The summed E-state index contributed by atoms with van der Waals surface area (Å²) < 4.78 is 32.4. The van der Waals surface area contributed by atoms with E-state index in [1.165, 1.54) is 18.9 Å². The third-order valence-electron chi connectivity index (χ3n) is 3.34. The first-order valence-electron chi connectivity index (χ1n) is 6.99. The Hall–Kier alpha value is -0.890. The van der Waals surface area contributed by atoms with Crippen LogP contribution in [-0.2, 0) is 16.6 Å². The summed E-state index contributed by atoms with van der Waals surface area (Å²) in [4.78, 5) is 2.28. The summed E-state index contributed by atoms with van der Waals surface area (Å²) in [7, 11) is -1.78. The maximum absolute atomic E-state index is 12.2. The highest BCUT2D eigenvalue weighted by Gasteiger charge is 2.23. The molecule has 1 aliphatic heterocycles. The molecule has 1 atom stereocenters. The van der Waals surface area contributed by atoms with Crippen molar-refractivity contribution in [2.24, 2.45) is 0 Å². The number of likely N-dealkylation sites (tertiary alicyclic amines) is 1. The maximum Gasteiger partial charge on any atom is 0.274 e. The van der Waals surface area contributed by atoms with Gasteiger partial charge in [0, 0.05) is 12.6 Å². The molecule has 2 rings (SSSR count). The first-order chi connectivity index (χ1) is 9.51. The fourth-order valence-electron chi connectivity index (χ4n) is 2.48. The number of furan rings is 1. The minimum absolute atomic E-state index is 0.0176. The average molecular weight is 301 g/mol. The van der Waals surface area contributed by atoms with Crippen molar-refractivity contribution in [3.05, 3.63) is 17.9 Å². The number of rotatable bonds is 7. The van der Waals surface area contributed by atoms with E-state index in [1.54, 1.807) is 13.1 Å². The van der Waals surface area contributed by atoms with E-state index >= 15 is 0 Å². The molecule has 0 bridgehead atoms. The molecular formula is C13H23N3O3S. The maximum atomic E-state index is 12.2. The van der Waals surface area contributed by atoms with E-state index in [4.69, 9.17) is 4.42 Å². The third kappa shape index (κ3) is 4.05. The van der Waals surface area contributed by atoms with Crippen LogP contribution >= 0.6 is 0 Å². The molecule has 0 aliphatic carbocycles. The highest BCUT2D eigenvalue weighted by atomic mass is 32.2. The zero-order valence-corrected chi connectivity index (χ0v) is 12.9. The van der Waals surface area contributed by atoms with Crippen molar-refractivity contribution >= 4 is 10.0 Å². The van der Waals surface area contributed by atoms with Crippen LogP contribution in [0.3, 0.4) is 0 Å². The SMILES string of the molecule is CNCc1ccc(S(=O)(=O)NC(C)CN2CCCC2)o1. The van der Waals surface area contributed by atoms with Crippen molar-refractivity contribution in [3.8, 4) is 0 Å². The zero-order valence-electron chi connectivity index (χ0n) is 12.1. The zero-order chi connectivity index (χ0) is 14.6. The summed E-state index contributed by atoms with van der Waals surface area (Å²) in [5, 5.41) is 2.90. The second-order valence-electron chi connectivity index (χ2n) is 5.28. The van der Waals surface area contributed by atoms with Crippen LogP contribution < -0.4 is 10.0 Å². The van der Waals surface area contributed by atoms with Crippen molar-refractivity contribution in [1.82, 2.24) is 14.9 Å². The lowest BCUT2D eigenvalue weighted by molar-refractivity contribution is 0.311. The van der Waals surface area contributed by atoms with Gasteiger partial charge < -0.3 is 14.6 Å². The number of nitrogens with zero attached hydrogens (tertiary/aromatic N) is 1. The Balaban J connectivity index is 1.94. The first kappa shape index (κ1) is 15.5. The van der Waals surface area contributed by atoms with Crippen LogP contribution in [0.15, 0.2) is 21.6 Å². The first-order valence-corrected chi connectivity index (χ1v) is 8.47. The lowest BCUT2D eigenvalue weighted by atomic mass is 10.3. The van der Waals surface area contributed by atoms with Gasteiger partial charge in [0.15, 0.2) is 0 Å². The predicted molar refractivity (Wildman–Crippen MR) is 76.9 cm³/mol. The van der Waals surface area contributed by atoms with Gasteiger partial charge in [-0.15, -0.1) is 0 Å². The van der Waals surface area contributed by atoms with Crippen LogP contribution in [0.4, 0.5) is 0 Å². The number of sulfonamides is 1. The molecule has 7 heteroatoms. The molecule has 1 aliphatic rings. The third-order valence-corrected chi connectivity index (χ3v) is 4.80. The summed E-state index contributed by atoms with van der Waals surface area (Å²) >= 11 is 0. The summed E-state index contributed by atoms with van der Waals surface area (Å²) in [6, 6.07) is 3.05. The van der Waals surface area contributed by atoms with Gasteiger partial charge in [-0.3, -0.25) is 0 Å². The van der Waals surface area contributed by atoms with Crippen molar-refractivity contribution in [1.29, 1.82) is 0 Å². The number of hydrogen-bond acceptors (Lipinski definition) is 5. The molecule has 0 radical (unpaired) electrons. The largest absolute Gasteiger partial charge is 0.447 e. The van der Waals surface area contributed by atoms with E-state index in [0.29, 0.717) is 12.3 Å². The lowest BCUT2D eigenvalue weighted by Gasteiger charge is -2.20. The standard InChI is InChI=1S/C13H23N3O3S/c1-11(10-16-7-3-4-8-16)15-20(17,18)13-6-5-12(19-13)9-14-2/h5-6,11,14-15H,3-4,7-10H2,1-2H3. The van der Waals surface area contributed by atoms with Gasteiger partial charge in [0.1, 0.15) is 5.76 Å². The van der Waals surface area contributed by atoms with Crippen LogP contribution in [0.25, 0.3) is 0 Å². The summed E-state index contributed by atoms with van der Waals surface area (Å²) in [5.74, 6) is 0.611. The highest BCUT2D eigenvalue weighted by Crippen LogP contribution is 2.15. The van der Waals surface area contributed by atoms with Crippen LogP contribution in [0.1, 0.15) is 25.5 Å². The molecule has 6 nitrogen and oxygen atoms in total. The van der Waals surface area contributed by atoms with E-state index in [1.807, 2.05) is 6.92 Å². The molecule has 1 unspecified atom stereocenters. The number of nitrogens with one attached hydrogen (secondary N) is 2. The molecule has 114 valence electrons. The second-order valence-corrected chi connectivity index (χ2v) is 6.93. The van der Waals surface area contributed by atoms with Gasteiger partial charge in [0.05, 0.1) is 6.54 Å². The molecular weight excluding hydrogens is 278 g/mol. The summed E-state index contributed by atoms with van der Waals surface area (Å²) in [5.41, 5.74) is 0. The molecule has 1 aromatic heterocycles. The fourth-order valence-corrected chi connectivity index (χ4v) is 3.67. The molecule has 20 heavy (non-hydrogen) atoms. The van der Waals surface area contributed by atoms with Crippen LogP contribution in [0, 0.1) is 0 Å². The van der Waals surface area contributed by atoms with Gasteiger partial charge in [-0.25, -0.2) is 13.1 Å². The quantitative estimate of drug-likeness (QED) is 0.778. The molecule has 0 spiro atoms. The Morgan fingerprint density at radius 2 is 2.05 bits per heavy atom. The Bertz CT molecular complexity index is 521. The molecule has 1 fully saturated rings. The highest BCUT2D eigenvalue weighted by molar-refractivity contribution is 7.89.